The van der Waals surface area contributed by atoms with Gasteiger partial charge in [0.1, 0.15) is 5.76 Å². The maximum atomic E-state index is 12.5. The number of aromatic nitrogens is 1. The number of rotatable bonds is 4. The Hall–Kier alpha value is -1.46. The van der Waals surface area contributed by atoms with Gasteiger partial charge in [-0.25, -0.2) is 8.78 Å². The van der Waals surface area contributed by atoms with Gasteiger partial charge >= 0.3 is 5.97 Å². The second-order valence-corrected chi connectivity index (χ2v) is 2.88. The molecule has 1 aromatic heterocycles. The van der Waals surface area contributed by atoms with E-state index in [0.717, 1.165) is 6.20 Å². The van der Waals surface area contributed by atoms with Gasteiger partial charge in [0.05, 0.1) is 18.5 Å². The number of hydrogen-bond acceptors (Lipinski definition) is 3. The molecule has 0 aliphatic carbocycles. The van der Waals surface area contributed by atoms with Crippen molar-refractivity contribution < 1.29 is 23.2 Å². The topological polar surface area (TPSA) is 63.3 Å². The largest absolute Gasteiger partial charge is 0.481 e. The molecular formula is C8H9F2NO3. The van der Waals surface area contributed by atoms with Crippen molar-refractivity contribution in [2.24, 2.45) is 0 Å². The SMILES string of the molecule is Cc1oncc1C(CC(=O)O)C(F)F. The average Bonchev–Trinajstić information content (AvgIpc) is 2.46. The van der Waals surface area contributed by atoms with E-state index < -0.39 is 24.7 Å². The Labute approximate surface area is 78.5 Å². The molecule has 0 radical (unpaired) electrons. The highest BCUT2D eigenvalue weighted by atomic mass is 19.3. The lowest BCUT2D eigenvalue weighted by Crippen LogP contribution is -2.14. The van der Waals surface area contributed by atoms with Crippen molar-refractivity contribution in [3.05, 3.63) is 17.5 Å². The number of carbonyl (C=O) groups is 1. The summed E-state index contributed by atoms with van der Waals surface area (Å²) < 4.78 is 29.5. The van der Waals surface area contributed by atoms with Crippen LogP contribution in [0.25, 0.3) is 0 Å². The highest BCUT2D eigenvalue weighted by molar-refractivity contribution is 5.68. The minimum absolute atomic E-state index is 0.155. The maximum absolute atomic E-state index is 12.5. The molecule has 0 aliphatic heterocycles. The predicted molar refractivity (Wildman–Crippen MR) is 42.2 cm³/mol. The minimum atomic E-state index is -2.73. The summed E-state index contributed by atoms with van der Waals surface area (Å²) in [6, 6.07) is 0. The summed E-state index contributed by atoms with van der Waals surface area (Å²) in [6.07, 6.45) is -2.22. The number of alkyl halides is 2. The van der Waals surface area contributed by atoms with E-state index in [9.17, 15) is 13.6 Å². The van der Waals surface area contributed by atoms with E-state index in [1.54, 1.807) is 0 Å². The highest BCUT2D eigenvalue weighted by Crippen LogP contribution is 2.28. The lowest BCUT2D eigenvalue weighted by atomic mass is 9.97. The van der Waals surface area contributed by atoms with E-state index >= 15 is 0 Å². The fourth-order valence-electron chi connectivity index (χ4n) is 1.19. The zero-order valence-corrected chi connectivity index (χ0v) is 7.41. The smallest absolute Gasteiger partial charge is 0.304 e. The monoisotopic (exact) mass is 205 g/mol. The molecule has 6 heteroatoms. The van der Waals surface area contributed by atoms with Gasteiger partial charge in [0.25, 0.3) is 0 Å². The molecule has 1 N–H and O–H groups in total. The minimum Gasteiger partial charge on any atom is -0.481 e. The normalized spacial score (nSPS) is 13.1. The van der Waals surface area contributed by atoms with Gasteiger partial charge in [0.15, 0.2) is 0 Å². The lowest BCUT2D eigenvalue weighted by Gasteiger charge is -2.11. The quantitative estimate of drug-likeness (QED) is 0.814. The van der Waals surface area contributed by atoms with Crippen molar-refractivity contribution in [2.45, 2.75) is 25.7 Å². The molecule has 0 bridgehead atoms. The van der Waals surface area contributed by atoms with Crippen LogP contribution in [0.3, 0.4) is 0 Å². The molecule has 14 heavy (non-hydrogen) atoms. The van der Waals surface area contributed by atoms with Crippen LogP contribution in [0.2, 0.25) is 0 Å². The van der Waals surface area contributed by atoms with E-state index in [1.807, 2.05) is 0 Å². The number of nitrogens with zero attached hydrogens (tertiary/aromatic N) is 1. The van der Waals surface area contributed by atoms with Crippen LogP contribution in [0.15, 0.2) is 10.7 Å². The predicted octanol–water partition coefficient (Wildman–Crippen LogP) is 1.81. The van der Waals surface area contributed by atoms with E-state index in [2.05, 4.69) is 9.68 Å². The second kappa shape index (κ2) is 4.17. The van der Waals surface area contributed by atoms with Gasteiger partial charge in [-0.15, -0.1) is 0 Å². The molecule has 0 aromatic carbocycles. The van der Waals surface area contributed by atoms with E-state index in [1.165, 1.54) is 6.92 Å². The van der Waals surface area contributed by atoms with Gasteiger partial charge in [-0.05, 0) is 6.92 Å². The van der Waals surface area contributed by atoms with Crippen LogP contribution in [-0.4, -0.2) is 22.7 Å². The van der Waals surface area contributed by atoms with Crippen molar-refractivity contribution in [3.63, 3.8) is 0 Å². The fraction of sp³-hybridized carbons (Fsp3) is 0.500. The van der Waals surface area contributed by atoms with E-state index in [4.69, 9.17) is 5.11 Å². The summed E-state index contributed by atoms with van der Waals surface area (Å²) in [5, 5.41) is 11.8. The Kier molecular flexibility index (Phi) is 3.16. The zero-order chi connectivity index (χ0) is 10.7. The molecule has 1 unspecified atom stereocenters. The van der Waals surface area contributed by atoms with Gasteiger partial charge in [0.2, 0.25) is 6.43 Å². The number of carboxylic acid groups (broad SMARTS) is 1. The van der Waals surface area contributed by atoms with Gasteiger partial charge in [-0.2, -0.15) is 0 Å². The molecule has 1 atom stereocenters. The van der Waals surface area contributed by atoms with Crippen molar-refractivity contribution in [3.8, 4) is 0 Å². The molecule has 0 aliphatic rings. The summed E-state index contributed by atoms with van der Waals surface area (Å²) in [5.41, 5.74) is 0.155. The Morgan fingerprint density at radius 1 is 1.71 bits per heavy atom. The number of halogens is 2. The first-order chi connectivity index (χ1) is 6.52. The molecule has 0 saturated heterocycles. The lowest BCUT2D eigenvalue weighted by molar-refractivity contribution is -0.138. The summed E-state index contributed by atoms with van der Waals surface area (Å²) >= 11 is 0. The molecule has 0 amide bonds. The first-order valence-electron chi connectivity index (χ1n) is 3.93. The molecule has 78 valence electrons. The second-order valence-electron chi connectivity index (χ2n) is 2.88. The number of aliphatic carboxylic acids is 1. The molecule has 4 nitrogen and oxygen atoms in total. The number of hydrogen-bond donors (Lipinski definition) is 1. The van der Waals surface area contributed by atoms with Crippen LogP contribution >= 0.6 is 0 Å². The summed E-state index contributed by atoms with van der Waals surface area (Å²) in [5.74, 6) is -2.38. The van der Waals surface area contributed by atoms with Crippen molar-refractivity contribution in [1.82, 2.24) is 5.16 Å². The Balaban J connectivity index is 2.88. The summed E-state index contributed by atoms with van der Waals surface area (Å²) in [7, 11) is 0. The maximum Gasteiger partial charge on any atom is 0.304 e. The van der Waals surface area contributed by atoms with Crippen LogP contribution in [0.1, 0.15) is 23.7 Å². The molecule has 0 saturated carbocycles. The molecular weight excluding hydrogens is 196 g/mol. The van der Waals surface area contributed by atoms with Crippen LogP contribution < -0.4 is 0 Å². The molecule has 0 fully saturated rings. The fourth-order valence-corrected chi connectivity index (χ4v) is 1.19. The van der Waals surface area contributed by atoms with Crippen molar-refractivity contribution in [2.75, 3.05) is 0 Å². The summed E-state index contributed by atoms with van der Waals surface area (Å²) in [4.78, 5) is 10.3. The first kappa shape index (κ1) is 10.6. The van der Waals surface area contributed by atoms with Gasteiger partial charge in [0, 0.05) is 5.56 Å². The van der Waals surface area contributed by atoms with Crippen LogP contribution in [0.5, 0.6) is 0 Å². The molecule has 1 rings (SSSR count). The zero-order valence-electron chi connectivity index (χ0n) is 7.41. The third-order valence-electron chi connectivity index (χ3n) is 1.89. The molecule has 1 heterocycles. The van der Waals surface area contributed by atoms with E-state index in [0.29, 0.717) is 0 Å². The number of aryl methyl sites for hydroxylation is 1. The van der Waals surface area contributed by atoms with Crippen LogP contribution in [0, 0.1) is 6.92 Å². The Morgan fingerprint density at radius 3 is 2.71 bits per heavy atom. The van der Waals surface area contributed by atoms with Crippen LogP contribution in [-0.2, 0) is 4.79 Å². The van der Waals surface area contributed by atoms with E-state index in [-0.39, 0.29) is 11.3 Å². The average molecular weight is 205 g/mol. The Morgan fingerprint density at radius 2 is 2.36 bits per heavy atom. The standard InChI is InChI=1S/C8H9F2NO3/c1-4-6(3-11-14-4)5(8(9)10)2-7(12)13/h3,5,8H,2H2,1H3,(H,12,13). The summed E-state index contributed by atoms with van der Waals surface area (Å²) in [6.45, 7) is 1.47. The van der Waals surface area contributed by atoms with Crippen molar-refractivity contribution in [1.29, 1.82) is 0 Å². The first-order valence-corrected chi connectivity index (χ1v) is 3.93. The van der Waals surface area contributed by atoms with Gasteiger partial charge in [-0.3, -0.25) is 4.79 Å². The van der Waals surface area contributed by atoms with Crippen molar-refractivity contribution >= 4 is 5.97 Å². The third kappa shape index (κ3) is 2.27. The molecule has 1 aromatic rings. The Bertz CT molecular complexity index is 324. The highest BCUT2D eigenvalue weighted by Gasteiger charge is 2.28. The van der Waals surface area contributed by atoms with Gasteiger partial charge < -0.3 is 9.63 Å². The van der Waals surface area contributed by atoms with Gasteiger partial charge in [-0.1, -0.05) is 5.16 Å². The third-order valence-corrected chi connectivity index (χ3v) is 1.89. The van der Waals surface area contributed by atoms with Crippen LogP contribution in [0.4, 0.5) is 8.78 Å². The number of carboxylic acids is 1. The molecule has 0 spiro atoms.